The van der Waals surface area contributed by atoms with Crippen LogP contribution in [0.4, 0.5) is 5.69 Å². The lowest BCUT2D eigenvalue weighted by Crippen LogP contribution is -2.21. The predicted octanol–water partition coefficient (Wildman–Crippen LogP) is 5.26. The zero-order valence-electron chi connectivity index (χ0n) is 13.3. The summed E-state index contributed by atoms with van der Waals surface area (Å²) in [6, 6.07) is 20.4. The number of nitrogens with zero attached hydrogens (tertiary/aromatic N) is 1. The number of rotatable bonds is 3. The van der Waals surface area contributed by atoms with Gasteiger partial charge in [0.1, 0.15) is 0 Å². The Kier molecular flexibility index (Phi) is 3.15. The van der Waals surface area contributed by atoms with E-state index < -0.39 is 0 Å². The minimum absolute atomic E-state index is 1.06. The fourth-order valence-electron chi connectivity index (χ4n) is 3.64. The Bertz CT molecular complexity index is 844. The largest absolute Gasteiger partial charge is 0.372 e. The molecule has 4 rings (SSSR count). The van der Waals surface area contributed by atoms with Crippen molar-refractivity contribution in [3.05, 3.63) is 65.7 Å². The monoisotopic (exact) mass is 287 g/mol. The van der Waals surface area contributed by atoms with Crippen LogP contribution in [0.5, 0.6) is 0 Å². The maximum absolute atomic E-state index is 2.42. The molecule has 0 saturated carbocycles. The van der Waals surface area contributed by atoms with E-state index in [1.165, 1.54) is 38.7 Å². The average molecular weight is 287 g/mol. The van der Waals surface area contributed by atoms with Gasteiger partial charge in [-0.25, -0.2) is 0 Å². The summed E-state index contributed by atoms with van der Waals surface area (Å²) >= 11 is 0. The predicted molar refractivity (Wildman–Crippen MR) is 95.8 cm³/mol. The molecule has 1 nitrogen and oxygen atoms in total. The van der Waals surface area contributed by atoms with Gasteiger partial charge in [-0.3, -0.25) is 0 Å². The molecule has 110 valence electrons. The van der Waals surface area contributed by atoms with E-state index in [-0.39, 0.29) is 0 Å². The van der Waals surface area contributed by atoms with Crippen LogP contribution in [0.2, 0.25) is 0 Å². The Balaban J connectivity index is 1.87. The first-order valence-electron chi connectivity index (χ1n) is 8.20. The summed E-state index contributed by atoms with van der Waals surface area (Å²) in [5.74, 6) is 0. The SMILES string of the molecule is CCN(CC)c1ccc2c(c1)-c1cc3ccccc3cc1C2. The highest BCUT2D eigenvalue weighted by Gasteiger charge is 2.20. The van der Waals surface area contributed by atoms with Gasteiger partial charge in [-0.05, 0) is 71.5 Å². The van der Waals surface area contributed by atoms with Crippen LogP contribution in [0.1, 0.15) is 25.0 Å². The standard InChI is InChI=1S/C21H21N/c1-3-22(4-2)19-10-9-17-12-18-11-15-7-5-6-8-16(15)13-20(18)21(17)14-19/h5-11,13-14H,3-4,12H2,1-2H3. The first-order chi connectivity index (χ1) is 10.8. The highest BCUT2D eigenvalue weighted by Crippen LogP contribution is 2.40. The summed E-state index contributed by atoms with van der Waals surface area (Å²) < 4.78 is 0. The molecule has 0 spiro atoms. The van der Waals surface area contributed by atoms with Gasteiger partial charge in [0.2, 0.25) is 0 Å². The van der Waals surface area contributed by atoms with E-state index in [4.69, 9.17) is 0 Å². The number of benzene rings is 3. The van der Waals surface area contributed by atoms with Crippen LogP contribution in [0, 0.1) is 0 Å². The summed E-state index contributed by atoms with van der Waals surface area (Å²) in [4.78, 5) is 2.42. The molecule has 1 heteroatoms. The molecule has 0 heterocycles. The molecule has 0 radical (unpaired) electrons. The topological polar surface area (TPSA) is 3.24 Å². The van der Waals surface area contributed by atoms with Gasteiger partial charge in [0.15, 0.2) is 0 Å². The number of hydrogen-bond donors (Lipinski definition) is 0. The molecule has 0 N–H and O–H groups in total. The second-order valence-electron chi connectivity index (χ2n) is 6.05. The second kappa shape index (κ2) is 5.17. The maximum Gasteiger partial charge on any atom is 0.0372 e. The zero-order chi connectivity index (χ0) is 15.1. The van der Waals surface area contributed by atoms with E-state index in [2.05, 4.69) is 73.3 Å². The van der Waals surface area contributed by atoms with Crippen molar-refractivity contribution in [1.29, 1.82) is 0 Å². The molecular weight excluding hydrogens is 266 g/mol. The van der Waals surface area contributed by atoms with E-state index in [0.29, 0.717) is 0 Å². The molecule has 1 aliphatic carbocycles. The van der Waals surface area contributed by atoms with Gasteiger partial charge in [-0.2, -0.15) is 0 Å². The molecule has 3 aromatic carbocycles. The molecule has 0 aromatic heterocycles. The molecule has 0 bridgehead atoms. The average Bonchev–Trinajstić information content (AvgIpc) is 2.91. The summed E-state index contributed by atoms with van der Waals surface area (Å²) in [5, 5.41) is 2.68. The van der Waals surface area contributed by atoms with Gasteiger partial charge in [0.05, 0.1) is 0 Å². The van der Waals surface area contributed by atoms with Crippen molar-refractivity contribution in [3.8, 4) is 11.1 Å². The van der Waals surface area contributed by atoms with Crippen LogP contribution in [0.15, 0.2) is 54.6 Å². The molecule has 22 heavy (non-hydrogen) atoms. The zero-order valence-corrected chi connectivity index (χ0v) is 13.3. The summed E-state index contributed by atoms with van der Waals surface area (Å²) in [7, 11) is 0. The van der Waals surface area contributed by atoms with Crippen LogP contribution in [0.3, 0.4) is 0 Å². The van der Waals surface area contributed by atoms with E-state index in [1.54, 1.807) is 0 Å². The van der Waals surface area contributed by atoms with Crippen LogP contribution in [-0.2, 0) is 6.42 Å². The fraction of sp³-hybridized carbons (Fsp3) is 0.238. The lowest BCUT2D eigenvalue weighted by Gasteiger charge is -2.21. The van der Waals surface area contributed by atoms with E-state index in [0.717, 1.165) is 19.5 Å². The molecule has 1 aliphatic rings. The minimum Gasteiger partial charge on any atom is -0.372 e. The molecular formula is C21H21N. The van der Waals surface area contributed by atoms with Crippen molar-refractivity contribution in [2.24, 2.45) is 0 Å². The third kappa shape index (κ3) is 2.00. The second-order valence-corrected chi connectivity index (χ2v) is 6.05. The molecule has 0 amide bonds. The molecule has 0 unspecified atom stereocenters. The van der Waals surface area contributed by atoms with Gasteiger partial charge in [-0.15, -0.1) is 0 Å². The van der Waals surface area contributed by atoms with Gasteiger partial charge in [-0.1, -0.05) is 36.4 Å². The third-order valence-electron chi connectivity index (χ3n) is 4.86. The highest BCUT2D eigenvalue weighted by molar-refractivity contribution is 5.92. The first kappa shape index (κ1) is 13.4. The van der Waals surface area contributed by atoms with E-state index in [9.17, 15) is 0 Å². The molecule has 0 saturated heterocycles. The maximum atomic E-state index is 2.42. The fourth-order valence-corrected chi connectivity index (χ4v) is 3.64. The Morgan fingerprint density at radius 2 is 1.45 bits per heavy atom. The third-order valence-corrected chi connectivity index (χ3v) is 4.86. The van der Waals surface area contributed by atoms with Gasteiger partial charge >= 0.3 is 0 Å². The smallest absolute Gasteiger partial charge is 0.0372 e. The Hall–Kier alpha value is -2.28. The van der Waals surface area contributed by atoms with Crippen molar-refractivity contribution < 1.29 is 0 Å². The van der Waals surface area contributed by atoms with Gasteiger partial charge in [0, 0.05) is 18.8 Å². The lowest BCUT2D eigenvalue weighted by molar-refractivity contribution is 0.866. The lowest BCUT2D eigenvalue weighted by atomic mass is 10.0. The van der Waals surface area contributed by atoms with Gasteiger partial charge in [0.25, 0.3) is 0 Å². The normalized spacial score (nSPS) is 12.3. The van der Waals surface area contributed by atoms with Crippen molar-refractivity contribution in [2.75, 3.05) is 18.0 Å². The molecule has 0 fully saturated rings. The van der Waals surface area contributed by atoms with Crippen LogP contribution < -0.4 is 4.90 Å². The Morgan fingerprint density at radius 3 is 2.18 bits per heavy atom. The minimum atomic E-state index is 1.06. The number of anilines is 1. The van der Waals surface area contributed by atoms with Crippen molar-refractivity contribution in [2.45, 2.75) is 20.3 Å². The first-order valence-corrected chi connectivity index (χ1v) is 8.20. The van der Waals surface area contributed by atoms with Crippen molar-refractivity contribution >= 4 is 16.5 Å². The molecule has 3 aromatic rings. The van der Waals surface area contributed by atoms with E-state index in [1.807, 2.05) is 0 Å². The quantitative estimate of drug-likeness (QED) is 0.497. The summed E-state index contributed by atoms with van der Waals surface area (Å²) in [6.07, 6.45) is 1.06. The summed E-state index contributed by atoms with van der Waals surface area (Å²) in [5.41, 5.74) is 7.10. The van der Waals surface area contributed by atoms with Crippen molar-refractivity contribution in [1.82, 2.24) is 0 Å². The molecule has 0 aliphatic heterocycles. The Morgan fingerprint density at radius 1 is 0.773 bits per heavy atom. The number of fused-ring (bicyclic) bond motifs is 4. The highest BCUT2D eigenvalue weighted by atomic mass is 15.1. The summed E-state index contributed by atoms with van der Waals surface area (Å²) in [6.45, 7) is 6.55. The molecule has 0 atom stereocenters. The van der Waals surface area contributed by atoms with Crippen LogP contribution in [0.25, 0.3) is 21.9 Å². The van der Waals surface area contributed by atoms with Crippen LogP contribution >= 0.6 is 0 Å². The van der Waals surface area contributed by atoms with Crippen molar-refractivity contribution in [3.63, 3.8) is 0 Å². The number of hydrogen-bond acceptors (Lipinski definition) is 1. The van der Waals surface area contributed by atoms with Gasteiger partial charge < -0.3 is 4.90 Å². The Labute approximate surface area is 132 Å². The van der Waals surface area contributed by atoms with E-state index >= 15 is 0 Å². The van der Waals surface area contributed by atoms with Crippen LogP contribution in [-0.4, -0.2) is 13.1 Å².